The Hall–Kier alpha value is -0.710. The predicted molar refractivity (Wildman–Crippen MR) is 98.6 cm³/mol. The van der Waals surface area contributed by atoms with Gasteiger partial charge in [-0.25, -0.2) is 0 Å². The van der Waals surface area contributed by atoms with Crippen LogP contribution in [-0.2, 0) is 13.8 Å². The molecule has 0 aliphatic heterocycles. The first kappa shape index (κ1) is 24.5. The topological polar surface area (TPSA) is 63.6 Å². The average Bonchev–Trinajstić information content (AvgIpc) is 2.56. The fourth-order valence-corrected chi connectivity index (χ4v) is 2.47. The minimum Gasteiger partial charge on any atom is -0.481 e. The Morgan fingerprint density at radius 3 is 1.61 bits per heavy atom. The number of carboxylic acids is 1. The van der Waals surface area contributed by atoms with Crippen LogP contribution in [0.5, 0.6) is 0 Å². The zero-order valence-electron chi connectivity index (χ0n) is 15.3. The van der Waals surface area contributed by atoms with E-state index in [1.54, 1.807) is 6.92 Å². The molecule has 0 fully saturated rings. The minimum absolute atomic E-state index is 0.105. The van der Waals surface area contributed by atoms with Crippen molar-refractivity contribution in [1.82, 2.24) is 0 Å². The Morgan fingerprint density at radius 1 is 0.783 bits per heavy atom. The van der Waals surface area contributed by atoms with Crippen LogP contribution in [0.15, 0.2) is 0 Å². The summed E-state index contributed by atoms with van der Waals surface area (Å²) in [4.78, 5) is 20.2. The van der Waals surface area contributed by atoms with Gasteiger partial charge >= 0.3 is 11.9 Å². The summed E-state index contributed by atoms with van der Waals surface area (Å²) in [6.07, 6.45) is 14.2. The number of carbonyl (C=O) groups is 2. The molecule has 0 aromatic heterocycles. The molecular formula is C18H36O4S. The lowest BCUT2D eigenvalue weighted by molar-refractivity contribution is -0.136. The molecule has 23 heavy (non-hydrogen) atoms. The monoisotopic (exact) mass is 348 g/mol. The van der Waals surface area contributed by atoms with Crippen LogP contribution in [-0.4, -0.2) is 22.8 Å². The van der Waals surface area contributed by atoms with Gasteiger partial charge in [0, 0.05) is 18.6 Å². The Balaban J connectivity index is 0. The molecule has 0 aliphatic carbocycles. The van der Waals surface area contributed by atoms with Crippen molar-refractivity contribution in [3.63, 3.8) is 0 Å². The summed E-state index contributed by atoms with van der Waals surface area (Å²) < 4.78 is 4.95. The molecule has 0 radical (unpaired) electrons. The van der Waals surface area contributed by atoms with Gasteiger partial charge in [-0.3, -0.25) is 9.59 Å². The molecule has 0 aromatic carbocycles. The lowest BCUT2D eigenvalue weighted by Crippen LogP contribution is -1.96. The first-order chi connectivity index (χ1) is 11.1. The van der Waals surface area contributed by atoms with Crippen molar-refractivity contribution in [3.05, 3.63) is 0 Å². The molecule has 1 N–H and O–H groups in total. The van der Waals surface area contributed by atoms with Gasteiger partial charge in [-0.1, -0.05) is 78.6 Å². The summed E-state index contributed by atoms with van der Waals surface area (Å²) in [6, 6.07) is 0. The highest BCUT2D eigenvalue weighted by Crippen LogP contribution is 2.13. The third kappa shape index (κ3) is 26.5. The molecule has 0 rings (SSSR count). The van der Waals surface area contributed by atoms with E-state index in [9.17, 15) is 9.59 Å². The molecule has 0 aliphatic rings. The molecule has 138 valence electrons. The SMILES string of the molecule is CCC(=O)O.CCCCCCCCCCCCSOC(=O)CC. The quantitative estimate of drug-likeness (QED) is 0.308. The molecule has 0 saturated carbocycles. The molecule has 0 spiro atoms. The zero-order chi connectivity index (χ0) is 17.8. The maximum absolute atomic E-state index is 10.9. The van der Waals surface area contributed by atoms with E-state index in [0.29, 0.717) is 6.42 Å². The average molecular weight is 349 g/mol. The first-order valence-electron chi connectivity index (χ1n) is 9.12. The van der Waals surface area contributed by atoms with E-state index in [4.69, 9.17) is 9.29 Å². The fourth-order valence-electron chi connectivity index (χ4n) is 1.81. The Bertz CT molecular complexity index is 270. The fraction of sp³-hybridized carbons (Fsp3) is 0.889. The molecule has 0 bridgehead atoms. The van der Waals surface area contributed by atoms with Gasteiger partial charge in [-0.2, -0.15) is 0 Å². The number of unbranched alkanes of at least 4 members (excludes halogenated alkanes) is 9. The summed E-state index contributed by atoms with van der Waals surface area (Å²) in [5.41, 5.74) is 0. The van der Waals surface area contributed by atoms with Crippen LogP contribution < -0.4 is 0 Å². The number of rotatable bonds is 14. The van der Waals surface area contributed by atoms with Gasteiger partial charge in [0.25, 0.3) is 0 Å². The third-order valence-electron chi connectivity index (χ3n) is 3.32. The Morgan fingerprint density at radius 2 is 1.22 bits per heavy atom. The van der Waals surface area contributed by atoms with Crippen molar-refractivity contribution in [1.29, 1.82) is 0 Å². The van der Waals surface area contributed by atoms with Gasteiger partial charge in [0.1, 0.15) is 0 Å². The van der Waals surface area contributed by atoms with Crippen LogP contribution in [0, 0.1) is 0 Å². The molecule has 0 aromatic rings. The lowest BCUT2D eigenvalue weighted by Gasteiger charge is -2.02. The van der Waals surface area contributed by atoms with Gasteiger partial charge in [0.05, 0.1) is 12.0 Å². The largest absolute Gasteiger partial charge is 0.481 e. The van der Waals surface area contributed by atoms with Crippen LogP contribution in [0.25, 0.3) is 0 Å². The van der Waals surface area contributed by atoms with Crippen molar-refractivity contribution in [2.75, 3.05) is 5.75 Å². The van der Waals surface area contributed by atoms with Crippen molar-refractivity contribution in [2.24, 2.45) is 0 Å². The van der Waals surface area contributed by atoms with E-state index >= 15 is 0 Å². The van der Waals surface area contributed by atoms with E-state index in [2.05, 4.69) is 6.92 Å². The summed E-state index contributed by atoms with van der Waals surface area (Å²) in [6.45, 7) is 5.68. The van der Waals surface area contributed by atoms with Crippen LogP contribution in [0.3, 0.4) is 0 Å². The molecule has 0 amide bonds. The number of aliphatic carboxylic acids is 1. The second-order valence-electron chi connectivity index (χ2n) is 5.56. The van der Waals surface area contributed by atoms with E-state index in [1.807, 2.05) is 6.92 Å². The van der Waals surface area contributed by atoms with Gasteiger partial charge in [-0.15, -0.1) is 0 Å². The Kier molecular flexibility index (Phi) is 22.7. The highest BCUT2D eigenvalue weighted by atomic mass is 32.2. The second-order valence-corrected chi connectivity index (χ2v) is 6.37. The second kappa shape index (κ2) is 21.3. The molecule has 0 heterocycles. The standard InChI is InChI=1S/C15H30O2S.C3H6O2/c1-3-5-6-7-8-9-10-11-12-13-14-18-17-15(16)4-2;1-2-3(4)5/h3-14H2,1-2H3;2H2,1H3,(H,4,5). The number of hydrogen-bond acceptors (Lipinski definition) is 4. The normalized spacial score (nSPS) is 9.87. The minimum atomic E-state index is -0.745. The van der Waals surface area contributed by atoms with Crippen LogP contribution >= 0.6 is 12.0 Å². The Labute approximate surface area is 147 Å². The van der Waals surface area contributed by atoms with Crippen molar-refractivity contribution in [3.8, 4) is 0 Å². The van der Waals surface area contributed by atoms with Crippen molar-refractivity contribution < 1.29 is 18.9 Å². The van der Waals surface area contributed by atoms with E-state index in [1.165, 1.54) is 69.8 Å². The van der Waals surface area contributed by atoms with Crippen LogP contribution in [0.4, 0.5) is 0 Å². The maximum atomic E-state index is 10.9. The highest BCUT2D eigenvalue weighted by molar-refractivity contribution is 7.95. The van der Waals surface area contributed by atoms with Gasteiger partial charge < -0.3 is 9.29 Å². The van der Waals surface area contributed by atoms with Gasteiger partial charge in [-0.05, 0) is 6.42 Å². The molecule has 5 heteroatoms. The maximum Gasteiger partial charge on any atom is 0.317 e. The molecule has 0 unspecified atom stereocenters. The number of carboxylic acid groups (broad SMARTS) is 1. The van der Waals surface area contributed by atoms with E-state index < -0.39 is 5.97 Å². The number of carbonyl (C=O) groups excluding carboxylic acids is 1. The van der Waals surface area contributed by atoms with E-state index in [-0.39, 0.29) is 12.4 Å². The third-order valence-corrected chi connectivity index (χ3v) is 4.08. The summed E-state index contributed by atoms with van der Waals surface area (Å²) in [5, 5.41) is 7.72. The van der Waals surface area contributed by atoms with Gasteiger partial charge in [0.15, 0.2) is 0 Å². The molecular weight excluding hydrogens is 312 g/mol. The van der Waals surface area contributed by atoms with E-state index in [0.717, 1.165) is 12.2 Å². The summed E-state index contributed by atoms with van der Waals surface area (Å²) in [7, 11) is 0. The predicted octanol–water partition coefficient (Wildman–Crippen LogP) is 5.99. The summed E-state index contributed by atoms with van der Waals surface area (Å²) >= 11 is 1.31. The number of hydrogen-bond donors (Lipinski definition) is 1. The summed E-state index contributed by atoms with van der Waals surface area (Å²) in [5.74, 6) is 0.0967. The van der Waals surface area contributed by atoms with Crippen LogP contribution in [0.2, 0.25) is 0 Å². The van der Waals surface area contributed by atoms with Crippen molar-refractivity contribution in [2.45, 2.75) is 97.8 Å². The highest BCUT2D eigenvalue weighted by Gasteiger charge is 1.98. The van der Waals surface area contributed by atoms with Crippen LogP contribution in [0.1, 0.15) is 97.8 Å². The van der Waals surface area contributed by atoms with Crippen molar-refractivity contribution >= 4 is 24.0 Å². The zero-order valence-corrected chi connectivity index (χ0v) is 16.1. The molecule has 4 nitrogen and oxygen atoms in total. The lowest BCUT2D eigenvalue weighted by atomic mass is 10.1. The van der Waals surface area contributed by atoms with Gasteiger partial charge in [0.2, 0.25) is 0 Å². The molecule has 0 saturated heterocycles. The molecule has 0 atom stereocenters. The first-order valence-corrected chi connectivity index (χ1v) is 10.0. The smallest absolute Gasteiger partial charge is 0.317 e.